The Bertz CT molecular complexity index is 563. The van der Waals surface area contributed by atoms with E-state index < -0.39 is 0 Å². The van der Waals surface area contributed by atoms with E-state index in [4.69, 9.17) is 0 Å². The number of hydrogen-bond acceptors (Lipinski definition) is 3. The SMILES string of the molecule is CCN(C)C(=O)c1cccc(C(=O)N2CCCC(CNC)C2)c1.Cl. The van der Waals surface area contributed by atoms with Crippen molar-refractivity contribution in [3.8, 4) is 0 Å². The average Bonchev–Trinajstić information content (AvgIpc) is 2.60. The fourth-order valence-electron chi connectivity index (χ4n) is 3.04. The largest absolute Gasteiger partial charge is 0.342 e. The first-order valence-electron chi connectivity index (χ1n) is 8.36. The second-order valence-corrected chi connectivity index (χ2v) is 6.22. The van der Waals surface area contributed by atoms with E-state index in [1.165, 1.54) is 0 Å². The van der Waals surface area contributed by atoms with Gasteiger partial charge in [-0.15, -0.1) is 12.4 Å². The molecule has 0 aliphatic carbocycles. The van der Waals surface area contributed by atoms with Gasteiger partial charge >= 0.3 is 0 Å². The molecule has 6 heteroatoms. The minimum absolute atomic E-state index is 0. The van der Waals surface area contributed by atoms with E-state index in [0.29, 0.717) is 23.6 Å². The van der Waals surface area contributed by atoms with Crippen molar-refractivity contribution in [2.24, 2.45) is 5.92 Å². The van der Waals surface area contributed by atoms with Gasteiger partial charge in [0.25, 0.3) is 11.8 Å². The number of likely N-dealkylation sites (tertiary alicyclic amines) is 1. The number of nitrogens with zero attached hydrogens (tertiary/aromatic N) is 2. The van der Waals surface area contributed by atoms with Gasteiger partial charge in [-0.05, 0) is 57.5 Å². The van der Waals surface area contributed by atoms with E-state index in [2.05, 4.69) is 5.32 Å². The summed E-state index contributed by atoms with van der Waals surface area (Å²) in [5.41, 5.74) is 1.18. The van der Waals surface area contributed by atoms with Crippen molar-refractivity contribution in [3.05, 3.63) is 35.4 Å². The molecule has 1 atom stereocenters. The van der Waals surface area contributed by atoms with Gasteiger partial charge in [-0.1, -0.05) is 6.07 Å². The van der Waals surface area contributed by atoms with Crippen molar-refractivity contribution in [2.45, 2.75) is 19.8 Å². The summed E-state index contributed by atoms with van der Waals surface area (Å²) in [5.74, 6) is 0.488. The summed E-state index contributed by atoms with van der Waals surface area (Å²) < 4.78 is 0. The van der Waals surface area contributed by atoms with E-state index in [1.807, 2.05) is 18.9 Å². The predicted octanol–water partition coefficient (Wildman–Crippen LogP) is 2.27. The second kappa shape index (κ2) is 9.64. The van der Waals surface area contributed by atoms with Crippen molar-refractivity contribution in [1.82, 2.24) is 15.1 Å². The third kappa shape index (κ3) is 4.95. The van der Waals surface area contributed by atoms with Crippen LogP contribution in [0.1, 0.15) is 40.5 Å². The quantitative estimate of drug-likeness (QED) is 0.883. The molecule has 1 aromatic rings. The van der Waals surface area contributed by atoms with Crippen LogP contribution in [0.15, 0.2) is 24.3 Å². The molecule has 5 nitrogen and oxygen atoms in total. The lowest BCUT2D eigenvalue weighted by Gasteiger charge is -2.32. The number of carbonyl (C=O) groups is 2. The number of piperidine rings is 1. The fraction of sp³-hybridized carbons (Fsp3) is 0.556. The van der Waals surface area contributed by atoms with Crippen molar-refractivity contribution < 1.29 is 9.59 Å². The van der Waals surface area contributed by atoms with Crippen LogP contribution in [-0.2, 0) is 0 Å². The van der Waals surface area contributed by atoms with Gasteiger partial charge in [-0.3, -0.25) is 9.59 Å². The predicted molar refractivity (Wildman–Crippen MR) is 98.9 cm³/mol. The smallest absolute Gasteiger partial charge is 0.253 e. The Labute approximate surface area is 150 Å². The van der Waals surface area contributed by atoms with Gasteiger partial charge in [-0.25, -0.2) is 0 Å². The maximum atomic E-state index is 12.7. The Morgan fingerprint density at radius 1 is 1.33 bits per heavy atom. The summed E-state index contributed by atoms with van der Waals surface area (Å²) in [6.45, 7) is 5.10. The normalized spacial score (nSPS) is 17.1. The molecule has 2 amide bonds. The number of amides is 2. The summed E-state index contributed by atoms with van der Waals surface area (Å²) in [7, 11) is 3.71. The van der Waals surface area contributed by atoms with Crippen LogP contribution in [0.3, 0.4) is 0 Å². The molecule has 134 valence electrons. The monoisotopic (exact) mass is 353 g/mol. The first-order chi connectivity index (χ1) is 11.1. The second-order valence-electron chi connectivity index (χ2n) is 6.22. The van der Waals surface area contributed by atoms with Gasteiger partial charge < -0.3 is 15.1 Å². The number of benzene rings is 1. The highest BCUT2D eigenvalue weighted by Crippen LogP contribution is 2.19. The van der Waals surface area contributed by atoms with Crippen LogP contribution in [0.25, 0.3) is 0 Å². The molecule has 0 aromatic heterocycles. The molecule has 1 N–H and O–H groups in total. The van der Waals surface area contributed by atoms with Crippen LogP contribution in [0, 0.1) is 5.92 Å². The Morgan fingerprint density at radius 2 is 2.04 bits per heavy atom. The third-order valence-electron chi connectivity index (χ3n) is 4.48. The van der Waals surface area contributed by atoms with Crippen LogP contribution < -0.4 is 5.32 Å². The molecular weight excluding hydrogens is 326 g/mol. The standard InChI is InChI=1S/C18H27N3O2.ClH/c1-4-20(3)17(22)15-8-5-9-16(11-15)18(23)21-10-6-7-14(13-21)12-19-2;/h5,8-9,11,14,19H,4,6-7,10,12-13H2,1-3H3;1H. The van der Waals surface area contributed by atoms with E-state index in [-0.39, 0.29) is 24.2 Å². The Morgan fingerprint density at radius 3 is 2.71 bits per heavy atom. The molecular formula is C18H28ClN3O2. The van der Waals surface area contributed by atoms with Crippen LogP contribution in [0.2, 0.25) is 0 Å². The number of nitrogens with one attached hydrogen (secondary N) is 1. The maximum absolute atomic E-state index is 12.7. The molecule has 1 aliphatic rings. The Hall–Kier alpha value is -1.59. The maximum Gasteiger partial charge on any atom is 0.253 e. The number of rotatable bonds is 5. The third-order valence-corrected chi connectivity index (χ3v) is 4.48. The Balaban J connectivity index is 0.00000288. The first kappa shape index (κ1) is 20.5. The van der Waals surface area contributed by atoms with Crippen LogP contribution in [-0.4, -0.2) is 61.9 Å². The lowest BCUT2D eigenvalue weighted by Crippen LogP contribution is -2.42. The Kier molecular flexibility index (Phi) is 8.22. The average molecular weight is 354 g/mol. The van der Waals surface area contributed by atoms with Crippen molar-refractivity contribution in [3.63, 3.8) is 0 Å². The molecule has 0 bridgehead atoms. The molecule has 1 aromatic carbocycles. The minimum Gasteiger partial charge on any atom is -0.342 e. The summed E-state index contributed by atoms with van der Waals surface area (Å²) >= 11 is 0. The molecule has 2 rings (SSSR count). The number of carbonyl (C=O) groups excluding carboxylic acids is 2. The molecule has 1 saturated heterocycles. The van der Waals surface area contributed by atoms with E-state index in [1.54, 1.807) is 36.2 Å². The van der Waals surface area contributed by atoms with Crippen LogP contribution in [0.5, 0.6) is 0 Å². The molecule has 1 unspecified atom stereocenters. The molecule has 0 spiro atoms. The minimum atomic E-state index is -0.0474. The van der Waals surface area contributed by atoms with E-state index >= 15 is 0 Å². The van der Waals surface area contributed by atoms with Gasteiger partial charge in [0.1, 0.15) is 0 Å². The summed E-state index contributed by atoms with van der Waals surface area (Å²) in [5, 5.41) is 3.19. The van der Waals surface area contributed by atoms with E-state index in [9.17, 15) is 9.59 Å². The number of hydrogen-bond donors (Lipinski definition) is 1. The molecule has 1 aliphatic heterocycles. The van der Waals surface area contributed by atoms with Gasteiger partial charge in [0.05, 0.1) is 0 Å². The summed E-state index contributed by atoms with van der Waals surface area (Å²) in [6.07, 6.45) is 2.19. The molecule has 24 heavy (non-hydrogen) atoms. The summed E-state index contributed by atoms with van der Waals surface area (Å²) in [6, 6.07) is 7.08. The first-order valence-corrected chi connectivity index (χ1v) is 8.36. The summed E-state index contributed by atoms with van der Waals surface area (Å²) in [4.78, 5) is 28.6. The van der Waals surface area contributed by atoms with Gasteiger partial charge in [0, 0.05) is 37.8 Å². The van der Waals surface area contributed by atoms with Gasteiger partial charge in [0.15, 0.2) is 0 Å². The molecule has 1 heterocycles. The lowest BCUT2D eigenvalue weighted by atomic mass is 9.97. The zero-order valence-electron chi connectivity index (χ0n) is 14.7. The van der Waals surface area contributed by atoms with Crippen LogP contribution >= 0.6 is 12.4 Å². The highest BCUT2D eigenvalue weighted by Gasteiger charge is 2.24. The van der Waals surface area contributed by atoms with Crippen LogP contribution in [0.4, 0.5) is 0 Å². The zero-order chi connectivity index (χ0) is 16.8. The molecule has 0 radical (unpaired) electrons. The van der Waals surface area contributed by atoms with E-state index in [0.717, 1.165) is 32.5 Å². The topological polar surface area (TPSA) is 52.7 Å². The fourth-order valence-corrected chi connectivity index (χ4v) is 3.04. The molecule has 1 fully saturated rings. The lowest BCUT2D eigenvalue weighted by molar-refractivity contribution is 0.0674. The van der Waals surface area contributed by atoms with Crippen molar-refractivity contribution in [2.75, 3.05) is 40.3 Å². The van der Waals surface area contributed by atoms with Crippen molar-refractivity contribution >= 4 is 24.2 Å². The van der Waals surface area contributed by atoms with Gasteiger partial charge in [0.2, 0.25) is 0 Å². The highest BCUT2D eigenvalue weighted by molar-refractivity contribution is 5.99. The number of halogens is 1. The highest BCUT2D eigenvalue weighted by atomic mass is 35.5. The zero-order valence-corrected chi connectivity index (χ0v) is 15.6. The van der Waals surface area contributed by atoms with Crippen molar-refractivity contribution in [1.29, 1.82) is 0 Å². The molecule has 0 saturated carbocycles. The van der Waals surface area contributed by atoms with Gasteiger partial charge in [-0.2, -0.15) is 0 Å².